The third-order valence-electron chi connectivity index (χ3n) is 4.68. The van der Waals surface area contributed by atoms with Crippen LogP contribution in [0.1, 0.15) is 25.8 Å². The molecular weight excluding hydrogens is 409 g/mol. The zero-order valence-electron chi connectivity index (χ0n) is 15.6. The van der Waals surface area contributed by atoms with Gasteiger partial charge in [-0.25, -0.2) is 9.38 Å². The third kappa shape index (κ3) is 5.45. The minimum absolute atomic E-state index is 0.192. The van der Waals surface area contributed by atoms with E-state index in [4.69, 9.17) is 4.99 Å². The maximum atomic E-state index is 14.1. The molecule has 0 aromatic heterocycles. The predicted molar refractivity (Wildman–Crippen MR) is 111 cm³/mol. The fourth-order valence-corrected chi connectivity index (χ4v) is 4.00. The van der Waals surface area contributed by atoms with Crippen LogP contribution in [0.15, 0.2) is 51.9 Å². The first-order valence-electron chi connectivity index (χ1n) is 9.20. The van der Waals surface area contributed by atoms with Crippen molar-refractivity contribution in [1.29, 1.82) is 0 Å². The first-order valence-corrected chi connectivity index (χ1v) is 9.99. The van der Waals surface area contributed by atoms with Gasteiger partial charge in [-0.3, -0.25) is 0 Å². The van der Waals surface area contributed by atoms with E-state index in [1.807, 2.05) is 6.07 Å². The minimum atomic E-state index is -0.265. The quantitative estimate of drug-likeness (QED) is 0.513. The molecule has 144 valence electrons. The highest BCUT2D eigenvalue weighted by Crippen LogP contribution is 2.23. The molecule has 4 nitrogen and oxygen atoms in total. The molecule has 0 spiro atoms. The van der Waals surface area contributed by atoms with Crippen molar-refractivity contribution >= 4 is 27.6 Å². The van der Waals surface area contributed by atoms with E-state index in [1.54, 1.807) is 30.3 Å². The lowest BCUT2D eigenvalue weighted by Gasteiger charge is -2.37. The zero-order chi connectivity index (χ0) is 19.4. The minimum Gasteiger partial charge on any atom is -0.508 e. The predicted octanol–water partition coefficient (Wildman–Crippen LogP) is 5.24. The number of piperidine rings is 1. The number of aromatic hydroxyl groups is 1. The van der Waals surface area contributed by atoms with E-state index >= 15 is 0 Å². The molecule has 0 bridgehead atoms. The van der Waals surface area contributed by atoms with Gasteiger partial charge < -0.3 is 15.3 Å². The molecule has 0 radical (unpaired) electrons. The number of phenolic OH excluding ortho intramolecular Hbond substituents is 1. The number of hydrogen-bond acceptors (Lipinski definition) is 2. The second-order valence-electron chi connectivity index (χ2n) is 7.40. The van der Waals surface area contributed by atoms with Crippen molar-refractivity contribution in [1.82, 2.24) is 4.90 Å². The summed E-state index contributed by atoms with van der Waals surface area (Å²) in [6.07, 6.45) is 1.19. The number of nitrogens with zero attached hydrogens (tertiary/aromatic N) is 2. The van der Waals surface area contributed by atoms with Gasteiger partial charge in [0.1, 0.15) is 11.6 Å². The summed E-state index contributed by atoms with van der Waals surface area (Å²) in [5.41, 5.74) is 1.30. The van der Waals surface area contributed by atoms with Crippen LogP contribution in [-0.2, 0) is 6.54 Å². The molecule has 6 heteroatoms. The van der Waals surface area contributed by atoms with Crippen LogP contribution in [-0.4, -0.2) is 29.1 Å². The summed E-state index contributed by atoms with van der Waals surface area (Å²) in [6, 6.07) is 11.8. The number of nitrogens with one attached hydrogen (secondary N) is 1. The molecule has 2 N–H and O–H groups in total. The Morgan fingerprint density at radius 3 is 2.67 bits per heavy atom. The van der Waals surface area contributed by atoms with Gasteiger partial charge in [-0.2, -0.15) is 0 Å². The molecule has 2 unspecified atom stereocenters. The molecule has 1 fully saturated rings. The lowest BCUT2D eigenvalue weighted by atomic mass is 9.92. The highest BCUT2D eigenvalue weighted by molar-refractivity contribution is 9.10. The van der Waals surface area contributed by atoms with Crippen molar-refractivity contribution in [2.75, 3.05) is 18.4 Å². The number of anilines is 1. The van der Waals surface area contributed by atoms with E-state index in [9.17, 15) is 9.50 Å². The molecule has 2 aromatic carbocycles. The highest BCUT2D eigenvalue weighted by Gasteiger charge is 2.24. The van der Waals surface area contributed by atoms with Crippen LogP contribution in [0.5, 0.6) is 5.75 Å². The Hall–Kier alpha value is -2.08. The molecule has 0 aliphatic carbocycles. The number of guanidine groups is 1. The SMILES string of the molecule is CC1CC(C)CN(C(=NCc2cc(Br)ccc2F)Nc2cccc(O)c2)C1. The van der Waals surface area contributed by atoms with Gasteiger partial charge in [0, 0.05) is 34.9 Å². The molecule has 1 saturated heterocycles. The van der Waals surface area contributed by atoms with Gasteiger partial charge in [0.2, 0.25) is 0 Å². The Balaban J connectivity index is 1.87. The summed E-state index contributed by atoms with van der Waals surface area (Å²) in [5, 5.41) is 13.1. The first-order chi connectivity index (χ1) is 12.9. The second-order valence-corrected chi connectivity index (χ2v) is 8.32. The van der Waals surface area contributed by atoms with Crippen LogP contribution < -0.4 is 5.32 Å². The average molecular weight is 434 g/mol. The van der Waals surface area contributed by atoms with Crippen LogP contribution in [0, 0.1) is 17.7 Å². The number of rotatable bonds is 3. The summed E-state index contributed by atoms with van der Waals surface area (Å²) in [6.45, 7) is 6.52. The van der Waals surface area contributed by atoms with E-state index in [0.717, 1.165) is 23.2 Å². The average Bonchev–Trinajstić information content (AvgIpc) is 2.60. The molecule has 0 saturated carbocycles. The fourth-order valence-electron chi connectivity index (χ4n) is 3.59. The van der Waals surface area contributed by atoms with Gasteiger partial charge in [0.15, 0.2) is 5.96 Å². The van der Waals surface area contributed by atoms with Crippen molar-refractivity contribution in [3.8, 4) is 5.75 Å². The highest BCUT2D eigenvalue weighted by atomic mass is 79.9. The maximum absolute atomic E-state index is 14.1. The zero-order valence-corrected chi connectivity index (χ0v) is 17.2. The number of likely N-dealkylation sites (tertiary alicyclic amines) is 1. The van der Waals surface area contributed by atoms with Crippen molar-refractivity contribution in [3.05, 3.63) is 58.3 Å². The normalized spacial score (nSPS) is 20.6. The molecule has 0 amide bonds. The van der Waals surface area contributed by atoms with Gasteiger partial charge in [-0.1, -0.05) is 35.8 Å². The van der Waals surface area contributed by atoms with Crippen LogP contribution in [0.25, 0.3) is 0 Å². The van der Waals surface area contributed by atoms with E-state index < -0.39 is 0 Å². The Kier molecular flexibility index (Phi) is 6.37. The summed E-state index contributed by atoms with van der Waals surface area (Å²) in [4.78, 5) is 6.92. The standard InChI is InChI=1S/C21H25BrFN3O/c1-14-8-15(2)13-26(12-14)21(25-18-4-3-5-19(27)10-18)24-11-16-9-17(22)6-7-20(16)23/h3-7,9-10,14-15,27H,8,11-13H2,1-2H3,(H,24,25). The lowest BCUT2D eigenvalue weighted by Crippen LogP contribution is -2.45. The molecule has 1 heterocycles. The Labute approximate surface area is 168 Å². The van der Waals surface area contributed by atoms with Gasteiger partial charge in [0.05, 0.1) is 6.54 Å². The number of benzene rings is 2. The van der Waals surface area contributed by atoms with E-state index in [-0.39, 0.29) is 18.1 Å². The van der Waals surface area contributed by atoms with Crippen LogP contribution in [0.4, 0.5) is 10.1 Å². The molecule has 3 rings (SSSR count). The smallest absolute Gasteiger partial charge is 0.198 e. The second kappa shape index (κ2) is 8.74. The first kappa shape index (κ1) is 19.7. The number of phenols is 1. The van der Waals surface area contributed by atoms with Crippen molar-refractivity contribution in [2.24, 2.45) is 16.8 Å². The Bertz CT molecular complexity index is 817. The molecule has 1 aliphatic heterocycles. The number of halogens is 2. The van der Waals surface area contributed by atoms with Gasteiger partial charge in [0.25, 0.3) is 0 Å². The van der Waals surface area contributed by atoms with Gasteiger partial charge in [-0.05, 0) is 48.6 Å². The summed E-state index contributed by atoms with van der Waals surface area (Å²) >= 11 is 3.39. The molecule has 1 aliphatic rings. The van der Waals surface area contributed by atoms with Crippen molar-refractivity contribution in [3.63, 3.8) is 0 Å². The lowest BCUT2D eigenvalue weighted by molar-refractivity contribution is 0.213. The van der Waals surface area contributed by atoms with E-state index in [0.29, 0.717) is 23.4 Å². The summed E-state index contributed by atoms with van der Waals surface area (Å²) in [5.74, 6) is 1.76. The Morgan fingerprint density at radius 1 is 1.22 bits per heavy atom. The molecule has 2 atom stereocenters. The van der Waals surface area contributed by atoms with Crippen LogP contribution in [0.3, 0.4) is 0 Å². The van der Waals surface area contributed by atoms with Crippen molar-refractivity contribution in [2.45, 2.75) is 26.8 Å². The van der Waals surface area contributed by atoms with Gasteiger partial charge >= 0.3 is 0 Å². The topological polar surface area (TPSA) is 47.9 Å². The largest absolute Gasteiger partial charge is 0.508 e. The Morgan fingerprint density at radius 2 is 1.96 bits per heavy atom. The molecular formula is C21H25BrFN3O. The molecule has 27 heavy (non-hydrogen) atoms. The van der Waals surface area contributed by atoms with E-state index in [2.05, 4.69) is 40.0 Å². The monoisotopic (exact) mass is 433 g/mol. The molecule has 2 aromatic rings. The van der Waals surface area contributed by atoms with Crippen LogP contribution >= 0.6 is 15.9 Å². The van der Waals surface area contributed by atoms with Crippen molar-refractivity contribution < 1.29 is 9.50 Å². The fraction of sp³-hybridized carbons (Fsp3) is 0.381. The van der Waals surface area contributed by atoms with E-state index in [1.165, 1.54) is 12.5 Å². The third-order valence-corrected chi connectivity index (χ3v) is 5.17. The maximum Gasteiger partial charge on any atom is 0.198 e. The number of aliphatic imine (C=N–C) groups is 1. The van der Waals surface area contributed by atoms with Crippen LogP contribution in [0.2, 0.25) is 0 Å². The number of hydrogen-bond donors (Lipinski definition) is 2. The summed E-state index contributed by atoms with van der Waals surface area (Å²) < 4.78 is 14.9. The summed E-state index contributed by atoms with van der Waals surface area (Å²) in [7, 11) is 0. The van der Waals surface area contributed by atoms with Gasteiger partial charge in [-0.15, -0.1) is 0 Å².